The second kappa shape index (κ2) is 9.72. The van der Waals surface area contributed by atoms with E-state index in [-0.39, 0.29) is 23.4 Å². The van der Waals surface area contributed by atoms with Gasteiger partial charge in [0.05, 0.1) is 23.1 Å². The first-order chi connectivity index (χ1) is 15.6. The zero-order valence-electron chi connectivity index (χ0n) is 18.0. The molecule has 0 spiro atoms. The van der Waals surface area contributed by atoms with Crippen molar-refractivity contribution >= 4 is 23.2 Å². The minimum absolute atomic E-state index is 0.0678. The van der Waals surface area contributed by atoms with Crippen molar-refractivity contribution < 1.29 is 14.0 Å². The summed E-state index contributed by atoms with van der Waals surface area (Å²) in [6.45, 7) is 1.93. The molecule has 2 heterocycles. The van der Waals surface area contributed by atoms with E-state index in [0.717, 1.165) is 32.1 Å². The molecule has 1 saturated carbocycles. The molecule has 0 atom stereocenters. The quantitative estimate of drug-likeness (QED) is 0.585. The number of nitrogens with zero attached hydrogens (tertiary/aromatic N) is 3. The summed E-state index contributed by atoms with van der Waals surface area (Å²) in [5, 5.41) is 9.80. The molecule has 32 heavy (non-hydrogen) atoms. The SMILES string of the molecule is CCc1c(C(=O)Nc2ccc(F)c(NC(=O)C3CCCCC3)c2)cnn1-c1ccccn1. The molecule has 0 unspecified atom stereocenters. The average molecular weight is 436 g/mol. The van der Waals surface area contributed by atoms with Crippen molar-refractivity contribution in [2.75, 3.05) is 10.6 Å². The Labute approximate surface area is 186 Å². The number of carbonyl (C=O) groups is 2. The van der Waals surface area contributed by atoms with Crippen LogP contribution in [0, 0.1) is 11.7 Å². The van der Waals surface area contributed by atoms with E-state index in [0.29, 0.717) is 29.2 Å². The standard InChI is InChI=1S/C24H26FN5O2/c1-2-21-18(15-27-30(21)22-10-6-7-13-26-22)24(32)28-17-11-12-19(25)20(14-17)29-23(31)16-8-4-3-5-9-16/h6-7,10-16H,2-5,8-9H2,1H3,(H,28,32)(H,29,31). The van der Waals surface area contributed by atoms with E-state index in [1.54, 1.807) is 10.9 Å². The van der Waals surface area contributed by atoms with E-state index in [9.17, 15) is 14.0 Å². The molecular formula is C24H26FN5O2. The molecule has 1 aliphatic rings. The molecule has 0 saturated heterocycles. The Morgan fingerprint density at radius 2 is 1.94 bits per heavy atom. The van der Waals surface area contributed by atoms with E-state index in [2.05, 4.69) is 20.7 Å². The molecule has 3 aromatic rings. The lowest BCUT2D eigenvalue weighted by atomic mass is 9.88. The number of carbonyl (C=O) groups excluding carboxylic acids is 2. The molecule has 8 heteroatoms. The van der Waals surface area contributed by atoms with E-state index in [1.165, 1.54) is 24.4 Å². The number of anilines is 2. The summed E-state index contributed by atoms with van der Waals surface area (Å²) < 4.78 is 16.0. The van der Waals surface area contributed by atoms with Crippen LogP contribution in [0.2, 0.25) is 0 Å². The van der Waals surface area contributed by atoms with Crippen LogP contribution in [-0.2, 0) is 11.2 Å². The predicted octanol–water partition coefficient (Wildman–Crippen LogP) is 4.74. The third kappa shape index (κ3) is 4.69. The Hall–Kier alpha value is -3.55. The fraction of sp³-hybridized carbons (Fsp3) is 0.333. The number of pyridine rings is 1. The summed E-state index contributed by atoms with van der Waals surface area (Å²) in [6, 6.07) is 9.64. The Balaban J connectivity index is 1.51. The van der Waals surface area contributed by atoms with Gasteiger partial charge in [-0.3, -0.25) is 9.59 Å². The highest BCUT2D eigenvalue weighted by Gasteiger charge is 2.22. The van der Waals surface area contributed by atoms with E-state index in [4.69, 9.17) is 0 Å². The van der Waals surface area contributed by atoms with Crippen LogP contribution in [0.4, 0.5) is 15.8 Å². The minimum Gasteiger partial charge on any atom is -0.323 e. The molecule has 2 N–H and O–H groups in total. The van der Waals surface area contributed by atoms with E-state index in [1.807, 2.05) is 25.1 Å². The number of hydrogen-bond donors (Lipinski definition) is 2. The van der Waals surface area contributed by atoms with E-state index < -0.39 is 5.82 Å². The zero-order valence-corrected chi connectivity index (χ0v) is 18.0. The van der Waals surface area contributed by atoms with Gasteiger partial charge in [-0.15, -0.1) is 0 Å². The number of hydrogen-bond acceptors (Lipinski definition) is 4. The monoisotopic (exact) mass is 435 g/mol. The highest BCUT2D eigenvalue weighted by Crippen LogP contribution is 2.27. The van der Waals surface area contributed by atoms with E-state index >= 15 is 0 Å². The third-order valence-corrected chi connectivity index (χ3v) is 5.77. The van der Waals surface area contributed by atoms with Gasteiger partial charge in [-0.1, -0.05) is 32.3 Å². The molecule has 2 aromatic heterocycles. The third-order valence-electron chi connectivity index (χ3n) is 5.77. The lowest BCUT2D eigenvalue weighted by Gasteiger charge is -2.21. The van der Waals surface area contributed by atoms with Crippen molar-refractivity contribution in [2.45, 2.75) is 45.4 Å². The largest absolute Gasteiger partial charge is 0.323 e. The van der Waals surface area contributed by atoms with Crippen molar-refractivity contribution in [3.05, 3.63) is 65.9 Å². The van der Waals surface area contributed by atoms with Gasteiger partial charge in [-0.25, -0.2) is 14.1 Å². The number of nitrogens with one attached hydrogen (secondary N) is 2. The van der Waals surface area contributed by atoms with Gasteiger partial charge in [-0.05, 0) is 49.6 Å². The molecule has 0 aliphatic heterocycles. The predicted molar refractivity (Wildman–Crippen MR) is 120 cm³/mol. The van der Waals surface area contributed by atoms with Crippen LogP contribution in [0.25, 0.3) is 5.82 Å². The van der Waals surface area contributed by atoms with Crippen molar-refractivity contribution in [3.63, 3.8) is 0 Å². The van der Waals surface area contributed by atoms with Gasteiger partial charge in [0.15, 0.2) is 5.82 Å². The lowest BCUT2D eigenvalue weighted by Crippen LogP contribution is -2.25. The second-order valence-electron chi connectivity index (χ2n) is 7.93. The van der Waals surface area contributed by atoms with Gasteiger partial charge in [0.25, 0.3) is 5.91 Å². The molecule has 1 aromatic carbocycles. The van der Waals surface area contributed by atoms with Gasteiger partial charge < -0.3 is 10.6 Å². The second-order valence-corrected chi connectivity index (χ2v) is 7.93. The molecule has 0 bridgehead atoms. The average Bonchev–Trinajstić information content (AvgIpc) is 3.26. The van der Waals surface area contributed by atoms with Crippen molar-refractivity contribution in [2.24, 2.45) is 5.92 Å². The Bertz CT molecular complexity index is 1110. The molecule has 0 radical (unpaired) electrons. The highest BCUT2D eigenvalue weighted by atomic mass is 19.1. The topological polar surface area (TPSA) is 88.9 Å². The number of benzene rings is 1. The first-order valence-corrected chi connectivity index (χ1v) is 11.0. The molecule has 1 aliphatic carbocycles. The van der Waals surface area contributed by atoms with Crippen molar-refractivity contribution in [3.8, 4) is 5.82 Å². The molecule has 1 fully saturated rings. The molecule has 2 amide bonds. The maximum absolute atomic E-state index is 14.3. The van der Waals surface area contributed by atoms with Crippen LogP contribution in [-0.4, -0.2) is 26.6 Å². The maximum atomic E-state index is 14.3. The normalized spacial score (nSPS) is 14.2. The summed E-state index contributed by atoms with van der Waals surface area (Å²) in [5.41, 5.74) is 1.59. The zero-order chi connectivity index (χ0) is 22.5. The van der Waals surface area contributed by atoms with Gasteiger partial charge in [-0.2, -0.15) is 5.10 Å². The van der Waals surface area contributed by atoms with Crippen LogP contribution in [0.3, 0.4) is 0 Å². The van der Waals surface area contributed by atoms with Gasteiger partial charge >= 0.3 is 0 Å². The first-order valence-electron chi connectivity index (χ1n) is 11.0. The van der Waals surface area contributed by atoms with Crippen LogP contribution in [0.1, 0.15) is 55.1 Å². The number of rotatable bonds is 6. The number of aromatic nitrogens is 3. The Morgan fingerprint density at radius 3 is 2.66 bits per heavy atom. The smallest absolute Gasteiger partial charge is 0.259 e. The summed E-state index contributed by atoms with van der Waals surface area (Å²) in [4.78, 5) is 29.7. The van der Waals surface area contributed by atoms with Crippen LogP contribution in [0.15, 0.2) is 48.8 Å². The fourth-order valence-corrected chi connectivity index (χ4v) is 4.08. The molecule has 166 valence electrons. The summed E-state index contributed by atoms with van der Waals surface area (Å²) in [5.74, 6) is -0.537. The molecule has 4 rings (SSSR count). The minimum atomic E-state index is -0.538. The van der Waals surface area contributed by atoms with Crippen LogP contribution in [0.5, 0.6) is 0 Å². The van der Waals surface area contributed by atoms with Crippen molar-refractivity contribution in [1.82, 2.24) is 14.8 Å². The Kier molecular flexibility index (Phi) is 6.58. The van der Waals surface area contributed by atoms with Gasteiger partial charge in [0.2, 0.25) is 5.91 Å². The Morgan fingerprint density at radius 1 is 1.12 bits per heavy atom. The van der Waals surface area contributed by atoms with Crippen molar-refractivity contribution in [1.29, 1.82) is 0 Å². The lowest BCUT2D eigenvalue weighted by molar-refractivity contribution is -0.120. The number of amides is 2. The number of halogens is 1. The summed E-state index contributed by atoms with van der Waals surface area (Å²) in [6.07, 6.45) is 8.55. The molecule has 7 nitrogen and oxygen atoms in total. The van der Waals surface area contributed by atoms with Gasteiger partial charge in [0, 0.05) is 17.8 Å². The summed E-state index contributed by atoms with van der Waals surface area (Å²) in [7, 11) is 0. The maximum Gasteiger partial charge on any atom is 0.259 e. The fourth-order valence-electron chi connectivity index (χ4n) is 4.08. The van der Waals surface area contributed by atoms with Crippen LogP contribution < -0.4 is 10.6 Å². The van der Waals surface area contributed by atoms with Crippen LogP contribution >= 0.6 is 0 Å². The van der Waals surface area contributed by atoms with Gasteiger partial charge in [0.1, 0.15) is 5.82 Å². The first kappa shape index (κ1) is 21.7. The summed E-state index contributed by atoms with van der Waals surface area (Å²) >= 11 is 0. The molecular weight excluding hydrogens is 409 g/mol. The highest BCUT2D eigenvalue weighted by molar-refractivity contribution is 6.05.